The van der Waals surface area contributed by atoms with E-state index in [1.807, 2.05) is 0 Å². The number of carbonyl (C=O) groups excluding carboxylic acids is 1. The molecule has 0 aliphatic carbocycles. The van der Waals surface area contributed by atoms with Gasteiger partial charge in [-0.25, -0.2) is 4.79 Å². The molecule has 0 radical (unpaired) electrons. The molecule has 0 spiro atoms. The molecule has 1 aliphatic rings. The van der Waals surface area contributed by atoms with Crippen molar-refractivity contribution >= 4 is 11.9 Å². The maximum atomic E-state index is 11.8. The van der Waals surface area contributed by atoms with Gasteiger partial charge in [0, 0.05) is 12.7 Å². The summed E-state index contributed by atoms with van der Waals surface area (Å²) in [6.07, 6.45) is 4.14. The second-order valence-electron chi connectivity index (χ2n) is 3.48. The average molecular weight is 209 g/mol. The van der Waals surface area contributed by atoms with Gasteiger partial charge in [0.1, 0.15) is 6.04 Å². The Balaban J connectivity index is 2.17. The molecule has 80 valence electrons. The van der Waals surface area contributed by atoms with Crippen LogP contribution in [-0.4, -0.2) is 44.7 Å². The lowest BCUT2D eigenvalue weighted by Crippen LogP contribution is -2.40. The first kappa shape index (κ1) is 9.70. The summed E-state index contributed by atoms with van der Waals surface area (Å²) in [7, 11) is 0. The molecular weight excluding hydrogens is 198 g/mol. The molecule has 1 aromatic heterocycles. The number of aliphatic carboxylic acids is 1. The predicted octanol–water partition coefficient (Wildman–Crippen LogP) is 0.0989. The molecule has 0 bridgehead atoms. The summed E-state index contributed by atoms with van der Waals surface area (Å²) in [5, 5.41) is 15.1. The Kier molecular flexibility index (Phi) is 2.40. The Morgan fingerprint density at radius 2 is 2.40 bits per heavy atom. The van der Waals surface area contributed by atoms with E-state index >= 15 is 0 Å². The van der Waals surface area contributed by atoms with Gasteiger partial charge in [0.15, 0.2) is 0 Å². The van der Waals surface area contributed by atoms with Gasteiger partial charge >= 0.3 is 5.97 Å². The molecule has 1 atom stereocenters. The van der Waals surface area contributed by atoms with Crippen LogP contribution in [-0.2, 0) is 4.79 Å². The molecule has 2 N–H and O–H groups in total. The van der Waals surface area contributed by atoms with Crippen LogP contribution in [0.1, 0.15) is 23.2 Å². The highest BCUT2D eigenvalue weighted by molar-refractivity contribution is 5.96. The van der Waals surface area contributed by atoms with E-state index in [-0.39, 0.29) is 5.91 Å². The van der Waals surface area contributed by atoms with Crippen LogP contribution in [0.4, 0.5) is 0 Å². The van der Waals surface area contributed by atoms with Gasteiger partial charge in [0.25, 0.3) is 5.91 Å². The minimum absolute atomic E-state index is 0.270. The molecule has 1 aromatic rings. The Morgan fingerprint density at radius 1 is 1.60 bits per heavy atom. The summed E-state index contributed by atoms with van der Waals surface area (Å²) in [6.45, 7) is 0.501. The van der Waals surface area contributed by atoms with E-state index in [2.05, 4.69) is 10.2 Å². The molecule has 6 heteroatoms. The number of H-pyrrole nitrogens is 1. The van der Waals surface area contributed by atoms with Crippen LogP contribution in [0.5, 0.6) is 0 Å². The fourth-order valence-electron chi connectivity index (χ4n) is 1.80. The first-order chi connectivity index (χ1) is 7.20. The van der Waals surface area contributed by atoms with Crippen molar-refractivity contribution in [2.24, 2.45) is 0 Å². The maximum absolute atomic E-state index is 11.8. The maximum Gasteiger partial charge on any atom is 0.326 e. The van der Waals surface area contributed by atoms with Gasteiger partial charge in [0.2, 0.25) is 0 Å². The fourth-order valence-corrected chi connectivity index (χ4v) is 1.80. The van der Waals surface area contributed by atoms with Crippen LogP contribution >= 0.6 is 0 Å². The zero-order valence-corrected chi connectivity index (χ0v) is 8.01. The van der Waals surface area contributed by atoms with Crippen molar-refractivity contribution in [1.82, 2.24) is 15.1 Å². The number of carboxylic acids is 1. The third-order valence-electron chi connectivity index (χ3n) is 2.54. The highest BCUT2D eigenvalue weighted by Crippen LogP contribution is 2.19. The highest BCUT2D eigenvalue weighted by atomic mass is 16.4. The molecule has 1 fully saturated rings. The molecule has 0 unspecified atom stereocenters. The van der Waals surface area contributed by atoms with Crippen LogP contribution in [0.3, 0.4) is 0 Å². The molecule has 15 heavy (non-hydrogen) atoms. The van der Waals surface area contributed by atoms with Gasteiger partial charge in [-0.1, -0.05) is 0 Å². The van der Waals surface area contributed by atoms with E-state index in [0.29, 0.717) is 18.5 Å². The third-order valence-corrected chi connectivity index (χ3v) is 2.54. The van der Waals surface area contributed by atoms with Crippen LogP contribution < -0.4 is 0 Å². The number of nitrogens with zero attached hydrogens (tertiary/aromatic N) is 2. The van der Waals surface area contributed by atoms with Gasteiger partial charge in [-0.05, 0) is 12.8 Å². The van der Waals surface area contributed by atoms with Gasteiger partial charge in [-0.2, -0.15) is 5.10 Å². The van der Waals surface area contributed by atoms with E-state index in [1.54, 1.807) is 0 Å². The van der Waals surface area contributed by atoms with Crippen molar-refractivity contribution in [3.8, 4) is 0 Å². The van der Waals surface area contributed by atoms with Crippen LogP contribution in [0, 0.1) is 0 Å². The Hall–Kier alpha value is -1.85. The van der Waals surface area contributed by atoms with Crippen LogP contribution in [0.15, 0.2) is 12.4 Å². The van der Waals surface area contributed by atoms with Crippen molar-refractivity contribution in [2.75, 3.05) is 6.54 Å². The molecule has 0 aromatic carbocycles. The van der Waals surface area contributed by atoms with Crippen molar-refractivity contribution in [3.63, 3.8) is 0 Å². The molecule has 1 aliphatic heterocycles. The number of likely N-dealkylation sites (tertiary alicyclic amines) is 1. The normalized spacial score (nSPS) is 20.5. The summed E-state index contributed by atoms with van der Waals surface area (Å²) in [5.41, 5.74) is 0.406. The second kappa shape index (κ2) is 3.72. The van der Waals surface area contributed by atoms with Crippen molar-refractivity contribution in [3.05, 3.63) is 18.0 Å². The lowest BCUT2D eigenvalue weighted by Gasteiger charge is -2.20. The van der Waals surface area contributed by atoms with Gasteiger partial charge in [-0.3, -0.25) is 9.89 Å². The summed E-state index contributed by atoms with van der Waals surface area (Å²) >= 11 is 0. The summed E-state index contributed by atoms with van der Waals surface area (Å²) < 4.78 is 0. The quantitative estimate of drug-likeness (QED) is 0.723. The number of hydrogen-bond acceptors (Lipinski definition) is 3. The Labute approximate surface area is 85.9 Å². The zero-order chi connectivity index (χ0) is 10.8. The molecule has 6 nitrogen and oxygen atoms in total. The van der Waals surface area contributed by atoms with E-state index in [9.17, 15) is 9.59 Å². The van der Waals surface area contributed by atoms with E-state index in [4.69, 9.17) is 5.11 Å². The average Bonchev–Trinajstić information content (AvgIpc) is 2.88. The van der Waals surface area contributed by atoms with E-state index in [1.165, 1.54) is 17.3 Å². The first-order valence-corrected chi connectivity index (χ1v) is 4.72. The molecule has 1 saturated heterocycles. The van der Waals surface area contributed by atoms with Gasteiger partial charge in [-0.15, -0.1) is 0 Å². The predicted molar refractivity (Wildman–Crippen MR) is 50.3 cm³/mol. The number of aromatic nitrogens is 2. The summed E-state index contributed by atoms with van der Waals surface area (Å²) in [5.74, 6) is -1.21. The van der Waals surface area contributed by atoms with E-state index < -0.39 is 12.0 Å². The van der Waals surface area contributed by atoms with Gasteiger partial charge < -0.3 is 10.0 Å². The van der Waals surface area contributed by atoms with Crippen LogP contribution in [0.25, 0.3) is 0 Å². The third kappa shape index (κ3) is 1.70. The molecule has 1 amide bonds. The lowest BCUT2D eigenvalue weighted by atomic mass is 10.2. The monoisotopic (exact) mass is 209 g/mol. The first-order valence-electron chi connectivity index (χ1n) is 4.72. The Bertz CT molecular complexity index is 374. The lowest BCUT2D eigenvalue weighted by molar-refractivity contribution is -0.141. The SMILES string of the molecule is O=C(O)[C@H]1CCCN1C(=O)c1cn[nH]c1. The molecule has 2 rings (SSSR count). The summed E-state index contributed by atoms with van der Waals surface area (Å²) in [4.78, 5) is 24.1. The number of hydrogen-bond donors (Lipinski definition) is 2. The van der Waals surface area contributed by atoms with Crippen molar-refractivity contribution < 1.29 is 14.7 Å². The minimum atomic E-state index is -0.940. The Morgan fingerprint density at radius 3 is 3.00 bits per heavy atom. The number of amides is 1. The number of carboxylic acid groups (broad SMARTS) is 1. The minimum Gasteiger partial charge on any atom is -0.480 e. The standard InChI is InChI=1S/C9H11N3O3/c13-8(6-4-10-11-5-6)12-3-1-2-7(12)9(14)15/h4-5,7H,1-3H2,(H,10,11)(H,14,15)/t7-/m1/s1. The van der Waals surface area contributed by atoms with Crippen molar-refractivity contribution in [1.29, 1.82) is 0 Å². The van der Waals surface area contributed by atoms with E-state index in [0.717, 1.165) is 6.42 Å². The smallest absolute Gasteiger partial charge is 0.326 e. The van der Waals surface area contributed by atoms with Crippen molar-refractivity contribution in [2.45, 2.75) is 18.9 Å². The fraction of sp³-hybridized carbons (Fsp3) is 0.444. The number of carbonyl (C=O) groups is 2. The molecule has 0 saturated carbocycles. The molecular formula is C9H11N3O3. The highest BCUT2D eigenvalue weighted by Gasteiger charge is 2.34. The van der Waals surface area contributed by atoms with Gasteiger partial charge in [0.05, 0.1) is 11.8 Å². The number of aromatic amines is 1. The topological polar surface area (TPSA) is 86.3 Å². The van der Waals surface area contributed by atoms with Crippen LogP contribution in [0.2, 0.25) is 0 Å². The number of nitrogens with one attached hydrogen (secondary N) is 1. The second-order valence-corrected chi connectivity index (χ2v) is 3.48. The molecule has 2 heterocycles. The largest absolute Gasteiger partial charge is 0.480 e. The number of rotatable bonds is 2. The summed E-state index contributed by atoms with van der Waals surface area (Å²) in [6, 6.07) is -0.688. The zero-order valence-electron chi connectivity index (χ0n) is 8.01.